The summed E-state index contributed by atoms with van der Waals surface area (Å²) in [6.07, 6.45) is 2.32. The van der Waals surface area contributed by atoms with E-state index in [1.165, 1.54) is 25.0 Å². The largest absolute Gasteiger partial charge is 0.355 e. The standard InChI is InChI=1S/C18H27ClN2O3S/c1-14-7-10-21(11-8-14)15(2)13-20-18(22)9-12-25(23,24)17-6-4-3-5-16(17)19/h3-6,14-15H,7-13H2,1-2H3,(H,20,22). The van der Waals surface area contributed by atoms with Crippen molar-refractivity contribution in [2.75, 3.05) is 25.4 Å². The summed E-state index contributed by atoms with van der Waals surface area (Å²) in [7, 11) is -3.55. The van der Waals surface area contributed by atoms with Gasteiger partial charge in [0.05, 0.1) is 15.7 Å². The molecule has 1 fully saturated rings. The van der Waals surface area contributed by atoms with Gasteiger partial charge in [-0.1, -0.05) is 30.7 Å². The van der Waals surface area contributed by atoms with Gasteiger partial charge in [0.2, 0.25) is 5.91 Å². The quantitative estimate of drug-likeness (QED) is 0.782. The minimum absolute atomic E-state index is 0.0582. The van der Waals surface area contributed by atoms with Gasteiger partial charge in [-0.2, -0.15) is 0 Å². The van der Waals surface area contributed by atoms with E-state index in [1.54, 1.807) is 12.1 Å². The Bertz CT molecular complexity index is 685. The van der Waals surface area contributed by atoms with E-state index < -0.39 is 9.84 Å². The number of carbonyl (C=O) groups is 1. The SMILES string of the molecule is CC1CCN(C(C)CNC(=O)CCS(=O)(=O)c2ccccc2Cl)CC1. The van der Waals surface area contributed by atoms with Crippen molar-refractivity contribution >= 4 is 27.3 Å². The van der Waals surface area contributed by atoms with Gasteiger partial charge in [-0.05, 0) is 50.9 Å². The first kappa shape index (κ1) is 20.2. The second kappa shape index (κ2) is 9.01. The molecule has 0 aliphatic carbocycles. The van der Waals surface area contributed by atoms with Gasteiger partial charge in [0.15, 0.2) is 9.84 Å². The Morgan fingerprint density at radius 3 is 2.60 bits per heavy atom. The van der Waals surface area contributed by atoms with Crippen molar-refractivity contribution in [3.8, 4) is 0 Å². The van der Waals surface area contributed by atoms with Crippen molar-refractivity contribution in [1.29, 1.82) is 0 Å². The highest BCUT2D eigenvalue weighted by atomic mass is 35.5. The van der Waals surface area contributed by atoms with Crippen molar-refractivity contribution in [3.05, 3.63) is 29.3 Å². The third-order valence-electron chi connectivity index (χ3n) is 4.81. The zero-order valence-electron chi connectivity index (χ0n) is 14.9. The monoisotopic (exact) mass is 386 g/mol. The fourth-order valence-electron chi connectivity index (χ4n) is 2.98. The van der Waals surface area contributed by atoms with Crippen LogP contribution in [0.5, 0.6) is 0 Å². The van der Waals surface area contributed by atoms with E-state index in [0.29, 0.717) is 6.54 Å². The smallest absolute Gasteiger partial charge is 0.221 e. The van der Waals surface area contributed by atoms with Crippen LogP contribution in [0.2, 0.25) is 5.02 Å². The normalized spacial score (nSPS) is 18.0. The van der Waals surface area contributed by atoms with Gasteiger partial charge in [-0.25, -0.2) is 8.42 Å². The van der Waals surface area contributed by atoms with Crippen molar-refractivity contribution in [1.82, 2.24) is 10.2 Å². The Morgan fingerprint density at radius 1 is 1.32 bits per heavy atom. The van der Waals surface area contributed by atoms with Gasteiger partial charge in [-0.3, -0.25) is 9.69 Å². The summed E-state index contributed by atoms with van der Waals surface area (Å²) in [4.78, 5) is 14.5. The molecule has 1 heterocycles. The molecule has 5 nitrogen and oxygen atoms in total. The average molecular weight is 387 g/mol. The summed E-state index contributed by atoms with van der Waals surface area (Å²) in [5.74, 6) is 0.291. The average Bonchev–Trinajstić information content (AvgIpc) is 2.59. The summed E-state index contributed by atoms with van der Waals surface area (Å²) in [5.41, 5.74) is 0. The number of hydrogen-bond acceptors (Lipinski definition) is 4. The van der Waals surface area contributed by atoms with E-state index in [9.17, 15) is 13.2 Å². The Hall–Kier alpha value is -1.11. The maximum atomic E-state index is 12.3. The van der Waals surface area contributed by atoms with Gasteiger partial charge in [0.1, 0.15) is 0 Å². The molecule has 1 atom stereocenters. The highest BCUT2D eigenvalue weighted by Gasteiger charge is 2.22. The fourth-order valence-corrected chi connectivity index (χ4v) is 4.80. The minimum atomic E-state index is -3.55. The molecule has 7 heteroatoms. The molecule has 1 aliphatic heterocycles. The van der Waals surface area contributed by atoms with E-state index in [-0.39, 0.29) is 34.0 Å². The predicted molar refractivity (Wildman–Crippen MR) is 101 cm³/mol. The minimum Gasteiger partial charge on any atom is -0.355 e. The molecule has 1 saturated heterocycles. The molecule has 2 rings (SSSR count). The van der Waals surface area contributed by atoms with Crippen molar-refractivity contribution < 1.29 is 13.2 Å². The van der Waals surface area contributed by atoms with Crippen molar-refractivity contribution in [3.63, 3.8) is 0 Å². The molecule has 0 bridgehead atoms. The molecule has 0 spiro atoms. The molecule has 0 aromatic heterocycles. The lowest BCUT2D eigenvalue weighted by atomic mass is 9.98. The Labute approximate surface area is 155 Å². The number of piperidine rings is 1. The number of nitrogens with one attached hydrogen (secondary N) is 1. The molecule has 140 valence electrons. The highest BCUT2D eigenvalue weighted by molar-refractivity contribution is 7.91. The molecule has 0 radical (unpaired) electrons. The summed E-state index contributed by atoms with van der Waals surface area (Å²) < 4.78 is 24.6. The Morgan fingerprint density at radius 2 is 1.96 bits per heavy atom. The number of likely N-dealkylation sites (tertiary alicyclic amines) is 1. The van der Waals surface area contributed by atoms with Crippen LogP contribution in [0.1, 0.15) is 33.1 Å². The number of benzene rings is 1. The molecule has 0 saturated carbocycles. The number of sulfone groups is 1. The maximum absolute atomic E-state index is 12.3. The Kier molecular flexibility index (Phi) is 7.28. The van der Waals surface area contributed by atoms with Gasteiger partial charge in [-0.15, -0.1) is 0 Å². The zero-order chi connectivity index (χ0) is 18.4. The number of amides is 1. The second-order valence-electron chi connectivity index (χ2n) is 6.87. The van der Waals surface area contributed by atoms with E-state index in [0.717, 1.165) is 19.0 Å². The van der Waals surface area contributed by atoms with E-state index in [4.69, 9.17) is 11.6 Å². The summed E-state index contributed by atoms with van der Waals surface area (Å²) in [6.45, 7) is 7.01. The molecule has 25 heavy (non-hydrogen) atoms. The van der Waals surface area contributed by atoms with Crippen LogP contribution in [-0.4, -0.2) is 50.7 Å². The van der Waals surface area contributed by atoms with Crippen LogP contribution in [0, 0.1) is 5.92 Å². The van der Waals surface area contributed by atoms with Crippen LogP contribution in [-0.2, 0) is 14.6 Å². The number of rotatable bonds is 7. The zero-order valence-corrected chi connectivity index (χ0v) is 16.4. The lowest BCUT2D eigenvalue weighted by molar-refractivity contribution is -0.120. The topological polar surface area (TPSA) is 66.5 Å². The molecule has 1 aromatic carbocycles. The van der Waals surface area contributed by atoms with E-state index in [2.05, 4.69) is 24.1 Å². The van der Waals surface area contributed by atoms with Crippen LogP contribution in [0.3, 0.4) is 0 Å². The molecule has 1 amide bonds. The summed E-state index contributed by atoms with van der Waals surface area (Å²) in [5, 5.41) is 3.04. The lowest BCUT2D eigenvalue weighted by Gasteiger charge is -2.35. The summed E-state index contributed by atoms with van der Waals surface area (Å²) >= 11 is 5.94. The van der Waals surface area contributed by atoms with Crippen molar-refractivity contribution in [2.24, 2.45) is 5.92 Å². The molecule has 1 unspecified atom stereocenters. The molecular formula is C18H27ClN2O3S. The van der Waals surface area contributed by atoms with Crippen LogP contribution in [0.4, 0.5) is 0 Å². The molecular weight excluding hydrogens is 360 g/mol. The summed E-state index contributed by atoms with van der Waals surface area (Å²) in [6, 6.07) is 6.57. The first-order valence-corrected chi connectivity index (χ1v) is 10.8. The number of halogens is 1. The van der Waals surface area contributed by atoms with Crippen LogP contribution >= 0.6 is 11.6 Å². The number of hydrogen-bond donors (Lipinski definition) is 1. The van der Waals surface area contributed by atoms with Gasteiger partial charge in [0.25, 0.3) is 0 Å². The van der Waals surface area contributed by atoms with Crippen LogP contribution in [0.25, 0.3) is 0 Å². The number of carbonyl (C=O) groups excluding carboxylic acids is 1. The second-order valence-corrected chi connectivity index (χ2v) is 9.36. The maximum Gasteiger partial charge on any atom is 0.221 e. The molecule has 1 aliphatic rings. The third kappa shape index (κ3) is 5.97. The van der Waals surface area contributed by atoms with Gasteiger partial charge >= 0.3 is 0 Å². The van der Waals surface area contributed by atoms with E-state index >= 15 is 0 Å². The predicted octanol–water partition coefficient (Wildman–Crippen LogP) is 2.74. The van der Waals surface area contributed by atoms with Gasteiger partial charge in [0, 0.05) is 19.0 Å². The van der Waals surface area contributed by atoms with E-state index in [1.807, 2.05) is 0 Å². The Balaban J connectivity index is 1.78. The highest BCUT2D eigenvalue weighted by Crippen LogP contribution is 2.22. The first-order valence-electron chi connectivity index (χ1n) is 8.77. The van der Waals surface area contributed by atoms with Gasteiger partial charge < -0.3 is 5.32 Å². The van der Waals surface area contributed by atoms with Crippen LogP contribution in [0.15, 0.2) is 29.2 Å². The third-order valence-corrected chi connectivity index (χ3v) is 7.02. The number of nitrogens with zero attached hydrogens (tertiary/aromatic N) is 1. The first-order chi connectivity index (χ1) is 11.8. The molecule has 1 N–H and O–H groups in total. The fraction of sp³-hybridized carbons (Fsp3) is 0.611. The lowest BCUT2D eigenvalue weighted by Crippen LogP contribution is -2.45. The van der Waals surface area contributed by atoms with Crippen molar-refractivity contribution in [2.45, 2.75) is 44.0 Å². The van der Waals surface area contributed by atoms with Crippen LogP contribution < -0.4 is 5.32 Å². The molecule has 1 aromatic rings.